The van der Waals surface area contributed by atoms with Crippen LogP contribution >= 0.6 is 11.5 Å². The van der Waals surface area contributed by atoms with Crippen molar-refractivity contribution in [2.75, 3.05) is 18.0 Å². The van der Waals surface area contributed by atoms with Crippen LogP contribution in [-0.4, -0.2) is 52.9 Å². The average Bonchev–Trinajstić information content (AvgIpc) is 3.34. The van der Waals surface area contributed by atoms with Crippen molar-refractivity contribution in [3.8, 4) is 5.13 Å². The fourth-order valence-corrected chi connectivity index (χ4v) is 3.95. The lowest BCUT2D eigenvalue weighted by Gasteiger charge is -2.40. The molecule has 1 aliphatic heterocycles. The number of nitrogens with zero attached hydrogens (tertiary/aromatic N) is 7. The van der Waals surface area contributed by atoms with Gasteiger partial charge in [0.15, 0.2) is 17.3 Å². The minimum Gasteiger partial charge on any atom is -0.477 e. The molecule has 0 saturated carbocycles. The molecule has 4 aromatic heterocycles. The van der Waals surface area contributed by atoms with E-state index in [9.17, 15) is 19.1 Å². The predicted octanol–water partition coefficient (Wildman–Crippen LogP) is 1.64. The first kappa shape index (κ1) is 18.4. The molecule has 0 radical (unpaired) electrons. The number of aromatic nitrogens is 6. The van der Waals surface area contributed by atoms with Gasteiger partial charge in [-0.25, -0.2) is 19.2 Å². The Balaban J connectivity index is 1.61. The Morgan fingerprint density at radius 3 is 2.77 bits per heavy atom. The van der Waals surface area contributed by atoms with Gasteiger partial charge in [0.2, 0.25) is 10.6 Å². The van der Waals surface area contributed by atoms with Gasteiger partial charge in [0.05, 0.1) is 17.6 Å². The minimum absolute atomic E-state index is 0.0865. The quantitative estimate of drug-likeness (QED) is 0.522. The molecule has 1 saturated heterocycles. The summed E-state index contributed by atoms with van der Waals surface area (Å²) in [5, 5.41) is 13.8. The summed E-state index contributed by atoms with van der Waals surface area (Å²) in [6.07, 6.45) is 6.14. The molecule has 30 heavy (non-hydrogen) atoms. The number of aromatic carboxylic acids is 1. The number of hydrogen-bond acceptors (Lipinski definition) is 8. The van der Waals surface area contributed by atoms with E-state index in [2.05, 4.69) is 19.4 Å². The molecule has 0 aliphatic carbocycles. The predicted molar refractivity (Wildman–Crippen MR) is 106 cm³/mol. The van der Waals surface area contributed by atoms with Gasteiger partial charge in [0.25, 0.3) is 0 Å². The molecule has 4 aromatic rings. The van der Waals surface area contributed by atoms with E-state index in [1.165, 1.54) is 10.9 Å². The zero-order valence-electron chi connectivity index (χ0n) is 15.6. The largest absolute Gasteiger partial charge is 0.477 e. The molecule has 1 N–H and O–H groups in total. The summed E-state index contributed by atoms with van der Waals surface area (Å²) in [6, 6.07) is 1.13. The SMILES string of the molecule is Cc1cnn(C2CN(c3nc4c(cc3F)c(=O)c(C(=O)O)cn4-c3ncns3)C2)c1. The Hall–Kier alpha value is -3.67. The third kappa shape index (κ3) is 2.84. The molecule has 0 aromatic carbocycles. The van der Waals surface area contributed by atoms with Crippen molar-refractivity contribution >= 4 is 34.4 Å². The highest BCUT2D eigenvalue weighted by atomic mass is 32.1. The fraction of sp³-hybridized carbons (Fsp3) is 0.222. The lowest BCUT2D eigenvalue weighted by atomic mass is 10.1. The van der Waals surface area contributed by atoms with Crippen LogP contribution in [0.3, 0.4) is 0 Å². The normalized spacial score (nSPS) is 14.3. The maximum atomic E-state index is 14.9. The van der Waals surface area contributed by atoms with Gasteiger partial charge in [0.1, 0.15) is 11.9 Å². The van der Waals surface area contributed by atoms with Gasteiger partial charge in [-0.2, -0.15) is 9.47 Å². The Morgan fingerprint density at radius 1 is 1.33 bits per heavy atom. The number of hydrogen-bond donors (Lipinski definition) is 1. The van der Waals surface area contributed by atoms with Crippen LogP contribution in [0.25, 0.3) is 16.2 Å². The van der Waals surface area contributed by atoms with Gasteiger partial charge in [-0.05, 0) is 18.6 Å². The molecule has 12 heteroatoms. The Labute approximate surface area is 172 Å². The highest BCUT2D eigenvalue weighted by Gasteiger charge is 2.32. The number of carbonyl (C=O) groups is 1. The Bertz CT molecular complexity index is 1340. The first-order valence-corrected chi connectivity index (χ1v) is 9.71. The second kappa shape index (κ2) is 6.69. The summed E-state index contributed by atoms with van der Waals surface area (Å²) in [5.74, 6) is -2.02. The van der Waals surface area contributed by atoms with Gasteiger partial charge in [-0.3, -0.25) is 14.0 Å². The van der Waals surface area contributed by atoms with Gasteiger partial charge in [-0.15, -0.1) is 0 Å². The van der Waals surface area contributed by atoms with Crippen molar-refractivity contribution in [3.05, 3.63) is 58.2 Å². The maximum absolute atomic E-state index is 14.9. The maximum Gasteiger partial charge on any atom is 0.341 e. The second-order valence-electron chi connectivity index (χ2n) is 6.99. The molecule has 152 valence electrons. The monoisotopic (exact) mass is 427 g/mol. The highest BCUT2D eigenvalue weighted by molar-refractivity contribution is 7.08. The fourth-order valence-electron chi connectivity index (χ4n) is 3.44. The molecule has 0 unspecified atom stereocenters. The first-order chi connectivity index (χ1) is 14.4. The number of carboxylic acids is 1. The molecule has 0 amide bonds. The summed E-state index contributed by atoms with van der Waals surface area (Å²) in [4.78, 5) is 34.3. The molecule has 0 atom stereocenters. The summed E-state index contributed by atoms with van der Waals surface area (Å²) in [6.45, 7) is 2.96. The summed E-state index contributed by atoms with van der Waals surface area (Å²) in [7, 11) is 0. The molecule has 5 heterocycles. The van der Waals surface area contributed by atoms with E-state index >= 15 is 0 Å². The number of carboxylic acid groups (broad SMARTS) is 1. The molecular weight excluding hydrogens is 413 g/mol. The second-order valence-corrected chi connectivity index (χ2v) is 7.75. The smallest absolute Gasteiger partial charge is 0.341 e. The number of anilines is 1. The number of pyridine rings is 2. The van der Waals surface area contributed by atoms with Crippen LogP contribution in [-0.2, 0) is 0 Å². The van der Waals surface area contributed by atoms with Crippen molar-refractivity contribution in [2.45, 2.75) is 13.0 Å². The van der Waals surface area contributed by atoms with Crippen LogP contribution in [0, 0.1) is 12.7 Å². The highest BCUT2D eigenvalue weighted by Crippen LogP contribution is 2.30. The Morgan fingerprint density at radius 2 is 2.13 bits per heavy atom. The standard InChI is InChI=1S/C18H14FN7O3S/c1-9-3-21-26(4-9)10-5-24(6-10)16-13(19)2-11-14(27)12(17(28)29)7-25(15(11)23-16)18-20-8-22-30-18/h2-4,7-8,10H,5-6H2,1H3,(H,28,29). The lowest BCUT2D eigenvalue weighted by molar-refractivity contribution is 0.0695. The van der Waals surface area contributed by atoms with Crippen molar-refractivity contribution in [1.29, 1.82) is 0 Å². The van der Waals surface area contributed by atoms with Crippen LogP contribution in [0.5, 0.6) is 0 Å². The zero-order chi connectivity index (χ0) is 21.0. The van der Waals surface area contributed by atoms with E-state index in [1.807, 2.05) is 17.8 Å². The zero-order valence-corrected chi connectivity index (χ0v) is 16.4. The number of aryl methyl sites for hydroxylation is 1. The van der Waals surface area contributed by atoms with Gasteiger partial charge in [0, 0.05) is 37.0 Å². The first-order valence-electron chi connectivity index (χ1n) is 8.94. The number of rotatable bonds is 4. The third-order valence-corrected chi connectivity index (χ3v) is 5.63. The van der Waals surface area contributed by atoms with Gasteiger partial charge >= 0.3 is 5.97 Å². The van der Waals surface area contributed by atoms with Crippen molar-refractivity contribution in [2.24, 2.45) is 0 Å². The third-order valence-electron chi connectivity index (χ3n) is 4.97. The molecule has 5 rings (SSSR count). The molecular formula is C18H14FN7O3S. The summed E-state index contributed by atoms with van der Waals surface area (Å²) >= 11 is 1.00. The van der Waals surface area contributed by atoms with Crippen molar-refractivity contribution < 1.29 is 14.3 Å². The van der Waals surface area contributed by atoms with E-state index in [0.29, 0.717) is 18.2 Å². The van der Waals surface area contributed by atoms with Crippen LogP contribution in [0.2, 0.25) is 0 Å². The minimum atomic E-state index is -1.41. The average molecular weight is 427 g/mol. The van der Waals surface area contributed by atoms with Crippen LogP contribution in [0.15, 0.2) is 35.8 Å². The van der Waals surface area contributed by atoms with E-state index in [4.69, 9.17) is 0 Å². The van der Waals surface area contributed by atoms with E-state index < -0.39 is 22.8 Å². The molecule has 10 nitrogen and oxygen atoms in total. The molecule has 1 fully saturated rings. The number of fused-ring (bicyclic) bond motifs is 1. The van der Waals surface area contributed by atoms with E-state index in [-0.39, 0.29) is 22.9 Å². The topological polar surface area (TPSA) is 119 Å². The van der Waals surface area contributed by atoms with Crippen LogP contribution < -0.4 is 10.3 Å². The van der Waals surface area contributed by atoms with E-state index in [0.717, 1.165) is 29.4 Å². The molecule has 1 aliphatic rings. The van der Waals surface area contributed by atoms with Gasteiger partial charge < -0.3 is 10.0 Å². The van der Waals surface area contributed by atoms with E-state index in [1.54, 1.807) is 11.1 Å². The van der Waals surface area contributed by atoms with Gasteiger partial charge in [-0.1, -0.05) is 0 Å². The summed E-state index contributed by atoms with van der Waals surface area (Å²) in [5.41, 5.74) is -0.135. The number of halogens is 1. The molecule has 0 spiro atoms. The van der Waals surface area contributed by atoms with Crippen molar-refractivity contribution in [3.63, 3.8) is 0 Å². The van der Waals surface area contributed by atoms with Crippen molar-refractivity contribution in [1.82, 2.24) is 28.7 Å². The Kier molecular flexibility index (Phi) is 4.10. The van der Waals surface area contributed by atoms with Crippen LogP contribution in [0.4, 0.5) is 10.2 Å². The summed E-state index contributed by atoms with van der Waals surface area (Å²) < 4.78 is 22.0. The lowest BCUT2D eigenvalue weighted by Crippen LogP contribution is -2.48. The molecule has 0 bridgehead atoms. The van der Waals surface area contributed by atoms with Crippen LogP contribution in [0.1, 0.15) is 22.0 Å².